The zero-order chi connectivity index (χ0) is 22.7. The van der Waals surface area contributed by atoms with Crippen LogP contribution in [0.3, 0.4) is 0 Å². The number of benzene rings is 1. The highest BCUT2D eigenvalue weighted by Crippen LogP contribution is 2.45. The topological polar surface area (TPSA) is 65.0 Å². The number of hydrogen-bond donors (Lipinski definition) is 1. The quantitative estimate of drug-likeness (QED) is 0.684. The van der Waals surface area contributed by atoms with Crippen molar-refractivity contribution in [3.63, 3.8) is 0 Å². The Morgan fingerprint density at radius 2 is 1.94 bits per heavy atom. The highest BCUT2D eigenvalue weighted by molar-refractivity contribution is 8.16. The van der Waals surface area contributed by atoms with Gasteiger partial charge >= 0.3 is 0 Å². The molecule has 0 fully saturated rings. The maximum atomic E-state index is 13.6. The standard InChI is InChI=1S/C24H32N4O2S/c1-7-27(8-2)23(30)21-17(6)26-24-28(22(21)18-11-9-10-16(5)12-18)19(14-31-24)13-20(29)25-15(3)4/h9-12,14-15,22H,7-8,13H2,1-6H3,(H,25,29). The van der Waals surface area contributed by atoms with E-state index in [-0.39, 0.29) is 30.3 Å². The lowest BCUT2D eigenvalue weighted by Gasteiger charge is -2.38. The molecule has 1 aromatic carbocycles. The van der Waals surface area contributed by atoms with Crippen LogP contribution in [0, 0.1) is 6.92 Å². The molecule has 1 N–H and O–H groups in total. The van der Waals surface area contributed by atoms with Crippen LogP contribution in [0.4, 0.5) is 0 Å². The summed E-state index contributed by atoms with van der Waals surface area (Å²) in [7, 11) is 0. The molecule has 0 saturated heterocycles. The summed E-state index contributed by atoms with van der Waals surface area (Å²) in [5, 5.41) is 5.76. The number of nitrogens with one attached hydrogen (secondary N) is 1. The molecule has 0 aliphatic carbocycles. The number of carbonyl (C=O) groups excluding carboxylic acids is 2. The Kier molecular flexibility index (Phi) is 7.26. The maximum absolute atomic E-state index is 13.6. The monoisotopic (exact) mass is 440 g/mol. The number of aliphatic imine (C=N–C) groups is 1. The summed E-state index contributed by atoms with van der Waals surface area (Å²) in [6, 6.07) is 8.00. The average Bonchev–Trinajstić information content (AvgIpc) is 3.08. The molecule has 2 heterocycles. The fourth-order valence-electron chi connectivity index (χ4n) is 4.02. The third-order valence-electron chi connectivity index (χ3n) is 5.43. The van der Waals surface area contributed by atoms with E-state index in [4.69, 9.17) is 4.99 Å². The summed E-state index contributed by atoms with van der Waals surface area (Å²) >= 11 is 1.51. The Morgan fingerprint density at radius 1 is 1.23 bits per heavy atom. The van der Waals surface area contributed by atoms with E-state index in [0.717, 1.165) is 27.7 Å². The molecule has 2 aliphatic heterocycles. The number of fused-ring (bicyclic) bond motifs is 1. The van der Waals surface area contributed by atoms with Crippen molar-refractivity contribution in [1.29, 1.82) is 0 Å². The molecule has 0 radical (unpaired) electrons. The predicted octanol–water partition coefficient (Wildman–Crippen LogP) is 4.35. The minimum atomic E-state index is -0.311. The van der Waals surface area contributed by atoms with Gasteiger partial charge in [-0.1, -0.05) is 41.6 Å². The Bertz CT molecular complexity index is 960. The molecule has 1 unspecified atom stereocenters. The number of carbonyl (C=O) groups is 2. The van der Waals surface area contributed by atoms with Crippen LogP contribution in [-0.4, -0.2) is 45.9 Å². The Morgan fingerprint density at radius 3 is 2.55 bits per heavy atom. The smallest absolute Gasteiger partial charge is 0.254 e. The Hall–Kier alpha value is -2.54. The van der Waals surface area contributed by atoms with Crippen molar-refractivity contribution < 1.29 is 9.59 Å². The van der Waals surface area contributed by atoms with Gasteiger partial charge in [0.2, 0.25) is 5.91 Å². The number of amides is 2. The molecule has 3 rings (SSSR count). The zero-order valence-corrected chi connectivity index (χ0v) is 20.0. The summed E-state index contributed by atoms with van der Waals surface area (Å²) in [4.78, 5) is 34.8. The van der Waals surface area contributed by atoms with Crippen molar-refractivity contribution in [2.45, 2.75) is 60.0 Å². The second kappa shape index (κ2) is 9.73. The van der Waals surface area contributed by atoms with Gasteiger partial charge in [-0.05, 0) is 52.5 Å². The van der Waals surface area contributed by atoms with Crippen LogP contribution in [-0.2, 0) is 9.59 Å². The van der Waals surface area contributed by atoms with Crippen molar-refractivity contribution in [2.75, 3.05) is 13.1 Å². The average molecular weight is 441 g/mol. The molecule has 1 atom stereocenters. The van der Waals surface area contributed by atoms with E-state index in [9.17, 15) is 9.59 Å². The van der Waals surface area contributed by atoms with E-state index in [1.165, 1.54) is 11.8 Å². The van der Waals surface area contributed by atoms with E-state index in [0.29, 0.717) is 18.7 Å². The minimum Gasteiger partial charge on any atom is -0.354 e. The first-order valence-corrected chi connectivity index (χ1v) is 11.7. The number of aryl methyl sites for hydroxylation is 1. The van der Waals surface area contributed by atoms with Crippen molar-refractivity contribution in [3.05, 3.63) is 57.8 Å². The Balaban J connectivity index is 2.07. The van der Waals surface area contributed by atoms with Gasteiger partial charge in [0.15, 0.2) is 5.17 Å². The van der Waals surface area contributed by atoms with E-state index in [2.05, 4.69) is 35.3 Å². The highest BCUT2D eigenvalue weighted by Gasteiger charge is 2.41. The first-order valence-electron chi connectivity index (χ1n) is 10.9. The fourth-order valence-corrected chi connectivity index (χ4v) is 4.98. The van der Waals surface area contributed by atoms with Gasteiger partial charge in [-0.15, -0.1) is 0 Å². The SMILES string of the molecule is CCN(CC)C(=O)C1=C(C)N=C2SC=C(CC(=O)NC(C)C)N2C1c1cccc(C)c1. The molecule has 1 aromatic rings. The highest BCUT2D eigenvalue weighted by atomic mass is 32.2. The van der Waals surface area contributed by atoms with Gasteiger partial charge < -0.3 is 15.1 Å². The minimum absolute atomic E-state index is 0.000289. The van der Waals surface area contributed by atoms with Crippen molar-refractivity contribution in [3.8, 4) is 0 Å². The summed E-state index contributed by atoms with van der Waals surface area (Å²) < 4.78 is 0. The molecular formula is C24H32N4O2S. The largest absolute Gasteiger partial charge is 0.354 e. The van der Waals surface area contributed by atoms with Crippen LogP contribution in [0.5, 0.6) is 0 Å². The third kappa shape index (κ3) is 4.87. The number of amidine groups is 1. The van der Waals surface area contributed by atoms with Gasteiger partial charge in [0.05, 0.1) is 23.7 Å². The van der Waals surface area contributed by atoms with Crippen LogP contribution in [0.25, 0.3) is 0 Å². The number of hydrogen-bond acceptors (Lipinski definition) is 5. The lowest BCUT2D eigenvalue weighted by atomic mass is 9.92. The van der Waals surface area contributed by atoms with Crippen molar-refractivity contribution in [1.82, 2.24) is 15.1 Å². The fraction of sp³-hybridized carbons (Fsp3) is 0.458. The lowest BCUT2D eigenvalue weighted by Crippen LogP contribution is -2.42. The number of thioether (sulfide) groups is 1. The summed E-state index contributed by atoms with van der Waals surface area (Å²) in [6.07, 6.45) is 0.248. The van der Waals surface area contributed by atoms with Gasteiger partial charge in [-0.25, -0.2) is 4.99 Å². The van der Waals surface area contributed by atoms with Gasteiger partial charge in [-0.3, -0.25) is 9.59 Å². The second-order valence-electron chi connectivity index (χ2n) is 8.18. The molecule has 166 valence electrons. The van der Waals surface area contributed by atoms with E-state index in [1.54, 1.807) is 0 Å². The molecule has 2 amide bonds. The number of rotatable bonds is 7. The van der Waals surface area contributed by atoms with Gasteiger partial charge in [0, 0.05) is 24.8 Å². The summed E-state index contributed by atoms with van der Waals surface area (Å²) in [5.41, 5.74) is 4.44. The molecular weight excluding hydrogens is 408 g/mol. The number of nitrogens with zero attached hydrogens (tertiary/aromatic N) is 3. The molecule has 0 saturated carbocycles. The molecule has 0 bridgehead atoms. The number of likely N-dealkylation sites (N-methyl/N-ethyl adjacent to an activating group) is 1. The van der Waals surface area contributed by atoms with Gasteiger partial charge in [-0.2, -0.15) is 0 Å². The predicted molar refractivity (Wildman–Crippen MR) is 127 cm³/mol. The lowest BCUT2D eigenvalue weighted by molar-refractivity contribution is -0.127. The molecule has 0 aromatic heterocycles. The first-order chi connectivity index (χ1) is 14.8. The normalized spacial score (nSPS) is 18.0. The van der Waals surface area contributed by atoms with Crippen LogP contribution in [0.1, 0.15) is 58.2 Å². The Labute approximate surface area is 189 Å². The van der Waals surface area contributed by atoms with Gasteiger partial charge in [0.25, 0.3) is 5.91 Å². The van der Waals surface area contributed by atoms with E-state index in [1.807, 2.05) is 51.0 Å². The van der Waals surface area contributed by atoms with E-state index >= 15 is 0 Å². The second-order valence-corrected chi connectivity index (χ2v) is 9.02. The molecule has 2 aliphatic rings. The molecule has 31 heavy (non-hydrogen) atoms. The van der Waals surface area contributed by atoms with Gasteiger partial charge in [0.1, 0.15) is 0 Å². The molecule has 0 spiro atoms. The van der Waals surface area contributed by atoms with Crippen molar-refractivity contribution >= 4 is 28.7 Å². The summed E-state index contributed by atoms with van der Waals surface area (Å²) in [6.45, 7) is 13.1. The van der Waals surface area contributed by atoms with Crippen LogP contribution < -0.4 is 5.32 Å². The molecule has 6 nitrogen and oxygen atoms in total. The number of allylic oxidation sites excluding steroid dienone is 1. The molecule has 7 heteroatoms. The third-order valence-corrected chi connectivity index (χ3v) is 6.32. The first kappa shape index (κ1) is 23.1. The maximum Gasteiger partial charge on any atom is 0.254 e. The van der Waals surface area contributed by atoms with Crippen LogP contribution in [0.15, 0.2) is 51.6 Å². The van der Waals surface area contributed by atoms with Crippen LogP contribution in [0.2, 0.25) is 0 Å². The van der Waals surface area contributed by atoms with Crippen molar-refractivity contribution in [2.24, 2.45) is 4.99 Å². The summed E-state index contributed by atoms with van der Waals surface area (Å²) in [5.74, 6) is -0.0336. The van der Waals surface area contributed by atoms with E-state index < -0.39 is 0 Å². The zero-order valence-electron chi connectivity index (χ0n) is 19.2. The van der Waals surface area contributed by atoms with Crippen LogP contribution >= 0.6 is 11.8 Å².